The Morgan fingerprint density at radius 3 is 2.19 bits per heavy atom. The first kappa shape index (κ1) is 15.1. The average Bonchev–Trinajstić information content (AvgIpc) is 2.47. The number of para-hydroxylation sites is 1. The van der Waals surface area contributed by atoms with Gasteiger partial charge in [-0.3, -0.25) is 4.79 Å². The van der Waals surface area contributed by atoms with Crippen molar-refractivity contribution in [1.29, 1.82) is 0 Å². The highest BCUT2D eigenvalue weighted by molar-refractivity contribution is 5.93. The molecular weight excluding hydrogens is 260 g/mol. The summed E-state index contributed by atoms with van der Waals surface area (Å²) in [6.07, 6.45) is 1.00. The minimum Gasteiger partial charge on any atom is -0.376 e. The largest absolute Gasteiger partial charge is 0.376 e. The van der Waals surface area contributed by atoms with Crippen molar-refractivity contribution in [2.75, 3.05) is 17.2 Å². The maximum absolute atomic E-state index is 12.0. The number of aryl methyl sites for hydroxylation is 3. The molecule has 2 N–H and O–H groups in total. The molecule has 0 aromatic heterocycles. The van der Waals surface area contributed by atoms with Gasteiger partial charge in [-0.2, -0.15) is 0 Å². The predicted molar refractivity (Wildman–Crippen MR) is 88.9 cm³/mol. The molecule has 110 valence electrons. The molecule has 0 saturated heterocycles. The van der Waals surface area contributed by atoms with Crippen molar-refractivity contribution in [3.05, 3.63) is 59.2 Å². The van der Waals surface area contributed by atoms with Crippen molar-refractivity contribution in [3.8, 4) is 0 Å². The van der Waals surface area contributed by atoms with E-state index in [2.05, 4.69) is 17.6 Å². The van der Waals surface area contributed by atoms with Crippen LogP contribution in [-0.4, -0.2) is 12.5 Å². The highest BCUT2D eigenvalue weighted by atomic mass is 16.1. The molecule has 0 fully saturated rings. The van der Waals surface area contributed by atoms with Crippen LogP contribution >= 0.6 is 0 Å². The Labute approximate surface area is 126 Å². The molecule has 2 aromatic rings. The minimum absolute atomic E-state index is 0.0399. The van der Waals surface area contributed by atoms with Crippen LogP contribution in [0.5, 0.6) is 0 Å². The molecule has 0 radical (unpaired) electrons. The van der Waals surface area contributed by atoms with Crippen molar-refractivity contribution in [2.24, 2.45) is 0 Å². The lowest BCUT2D eigenvalue weighted by atomic mass is 10.1. The average molecular weight is 282 g/mol. The Bertz CT molecular complexity index is 597. The fourth-order valence-electron chi connectivity index (χ4n) is 2.29. The molecular formula is C18H22N2O. The maximum atomic E-state index is 12.0. The number of hydrogen-bond acceptors (Lipinski definition) is 2. The van der Waals surface area contributed by atoms with Gasteiger partial charge in [-0.15, -0.1) is 0 Å². The predicted octanol–water partition coefficient (Wildman–Crippen LogP) is 3.92. The van der Waals surface area contributed by atoms with Crippen molar-refractivity contribution >= 4 is 17.3 Å². The number of carbonyl (C=O) groups is 1. The first-order valence-corrected chi connectivity index (χ1v) is 7.29. The van der Waals surface area contributed by atoms with E-state index in [-0.39, 0.29) is 12.5 Å². The van der Waals surface area contributed by atoms with Crippen molar-refractivity contribution < 1.29 is 4.79 Å². The van der Waals surface area contributed by atoms with Crippen molar-refractivity contribution in [1.82, 2.24) is 0 Å². The highest BCUT2D eigenvalue weighted by Gasteiger charge is 2.05. The van der Waals surface area contributed by atoms with Gasteiger partial charge >= 0.3 is 0 Å². The monoisotopic (exact) mass is 282 g/mol. The number of benzene rings is 2. The van der Waals surface area contributed by atoms with Gasteiger partial charge in [0.25, 0.3) is 0 Å². The molecule has 0 aliphatic carbocycles. The molecule has 21 heavy (non-hydrogen) atoms. The topological polar surface area (TPSA) is 41.1 Å². The Morgan fingerprint density at radius 1 is 1.00 bits per heavy atom. The third-order valence-electron chi connectivity index (χ3n) is 3.55. The van der Waals surface area contributed by atoms with Crippen molar-refractivity contribution in [2.45, 2.75) is 27.2 Å². The van der Waals surface area contributed by atoms with Crippen LogP contribution in [0.15, 0.2) is 42.5 Å². The molecule has 2 aromatic carbocycles. The van der Waals surface area contributed by atoms with Crippen LogP contribution < -0.4 is 10.6 Å². The molecule has 0 heterocycles. The number of amides is 1. The Morgan fingerprint density at radius 2 is 1.62 bits per heavy atom. The Hall–Kier alpha value is -2.29. The Balaban J connectivity index is 1.92. The van der Waals surface area contributed by atoms with Crippen LogP contribution in [0.25, 0.3) is 0 Å². The van der Waals surface area contributed by atoms with Crippen LogP contribution in [0.2, 0.25) is 0 Å². The smallest absolute Gasteiger partial charge is 0.243 e. The van der Waals surface area contributed by atoms with Crippen LogP contribution in [0.4, 0.5) is 11.4 Å². The summed E-state index contributed by atoms with van der Waals surface area (Å²) >= 11 is 0. The molecule has 0 bridgehead atoms. The van der Waals surface area contributed by atoms with E-state index in [0.717, 1.165) is 28.9 Å². The molecule has 3 nitrogen and oxygen atoms in total. The molecule has 0 unspecified atom stereocenters. The van der Waals surface area contributed by atoms with Crippen molar-refractivity contribution in [3.63, 3.8) is 0 Å². The second-order valence-electron chi connectivity index (χ2n) is 5.22. The van der Waals surface area contributed by atoms with E-state index in [1.807, 2.05) is 56.3 Å². The zero-order chi connectivity index (χ0) is 15.2. The van der Waals surface area contributed by atoms with Gasteiger partial charge in [0, 0.05) is 11.4 Å². The molecule has 0 aliphatic rings. The van der Waals surface area contributed by atoms with Crippen LogP contribution in [0, 0.1) is 13.8 Å². The van der Waals surface area contributed by atoms with E-state index in [9.17, 15) is 4.79 Å². The number of carbonyl (C=O) groups excluding carboxylic acids is 1. The maximum Gasteiger partial charge on any atom is 0.243 e. The lowest BCUT2D eigenvalue weighted by Crippen LogP contribution is -2.22. The van der Waals surface area contributed by atoms with Gasteiger partial charge in [-0.25, -0.2) is 0 Å². The van der Waals surface area contributed by atoms with E-state index >= 15 is 0 Å². The van der Waals surface area contributed by atoms with E-state index in [1.54, 1.807) is 0 Å². The standard InChI is InChI=1S/C18H22N2O/c1-4-15-8-10-16(11-9-15)20-17(21)12-19-18-13(2)6-5-7-14(18)3/h5-11,19H,4,12H2,1-3H3,(H,20,21). The first-order chi connectivity index (χ1) is 10.1. The quantitative estimate of drug-likeness (QED) is 0.872. The van der Waals surface area contributed by atoms with E-state index in [1.165, 1.54) is 5.56 Å². The van der Waals surface area contributed by atoms with Crippen LogP contribution in [-0.2, 0) is 11.2 Å². The summed E-state index contributed by atoms with van der Waals surface area (Å²) in [4.78, 5) is 12.0. The number of hydrogen-bond donors (Lipinski definition) is 2. The van der Waals surface area contributed by atoms with Gasteiger partial charge in [0.1, 0.15) is 0 Å². The summed E-state index contributed by atoms with van der Waals surface area (Å²) in [7, 11) is 0. The van der Waals surface area contributed by atoms with Gasteiger partial charge < -0.3 is 10.6 Å². The molecule has 0 spiro atoms. The third kappa shape index (κ3) is 4.09. The Kier molecular flexibility index (Phi) is 4.99. The fraction of sp³-hybridized carbons (Fsp3) is 0.278. The minimum atomic E-state index is -0.0399. The lowest BCUT2D eigenvalue weighted by molar-refractivity contribution is -0.114. The molecule has 3 heteroatoms. The van der Waals surface area contributed by atoms with Gasteiger partial charge in [0.05, 0.1) is 6.54 Å². The SMILES string of the molecule is CCc1ccc(NC(=O)CNc2c(C)cccc2C)cc1. The first-order valence-electron chi connectivity index (χ1n) is 7.29. The summed E-state index contributed by atoms with van der Waals surface area (Å²) in [6.45, 7) is 6.46. The molecule has 2 rings (SSSR count). The molecule has 0 aliphatic heterocycles. The normalized spacial score (nSPS) is 10.2. The van der Waals surface area contributed by atoms with Gasteiger partial charge in [0.15, 0.2) is 0 Å². The zero-order valence-electron chi connectivity index (χ0n) is 12.9. The van der Waals surface area contributed by atoms with E-state index in [4.69, 9.17) is 0 Å². The van der Waals surface area contributed by atoms with Crippen LogP contribution in [0.3, 0.4) is 0 Å². The summed E-state index contributed by atoms with van der Waals surface area (Å²) in [5, 5.41) is 6.11. The molecule has 1 amide bonds. The number of anilines is 2. The summed E-state index contributed by atoms with van der Waals surface area (Å²) in [5.41, 5.74) is 5.43. The van der Waals surface area contributed by atoms with E-state index < -0.39 is 0 Å². The molecule has 0 atom stereocenters. The van der Waals surface area contributed by atoms with Gasteiger partial charge in [-0.1, -0.05) is 37.3 Å². The zero-order valence-corrected chi connectivity index (χ0v) is 12.9. The second-order valence-corrected chi connectivity index (χ2v) is 5.22. The third-order valence-corrected chi connectivity index (χ3v) is 3.55. The second kappa shape index (κ2) is 6.93. The molecule has 0 saturated carbocycles. The van der Waals surface area contributed by atoms with E-state index in [0.29, 0.717) is 0 Å². The summed E-state index contributed by atoms with van der Waals surface area (Å²) in [5.74, 6) is -0.0399. The van der Waals surface area contributed by atoms with Gasteiger partial charge in [-0.05, 0) is 49.1 Å². The fourth-order valence-corrected chi connectivity index (χ4v) is 2.29. The highest BCUT2D eigenvalue weighted by Crippen LogP contribution is 2.19. The number of rotatable bonds is 5. The number of nitrogens with one attached hydrogen (secondary N) is 2. The van der Waals surface area contributed by atoms with Crippen LogP contribution in [0.1, 0.15) is 23.6 Å². The lowest BCUT2D eigenvalue weighted by Gasteiger charge is -2.12. The summed E-state index contributed by atoms with van der Waals surface area (Å²) in [6, 6.07) is 14.0. The van der Waals surface area contributed by atoms with Gasteiger partial charge in [0.2, 0.25) is 5.91 Å². The summed E-state index contributed by atoms with van der Waals surface area (Å²) < 4.78 is 0.